The van der Waals surface area contributed by atoms with Gasteiger partial charge in [-0.2, -0.15) is 0 Å². The number of rotatable bonds is 6. The molecule has 0 saturated carbocycles. The van der Waals surface area contributed by atoms with Crippen LogP contribution in [-0.2, 0) is 0 Å². The number of unbranched alkanes of at least 4 members (excludes halogenated alkanes) is 2. The molecule has 0 unspecified atom stereocenters. The van der Waals surface area contributed by atoms with E-state index < -0.39 is 0 Å². The molecule has 1 heterocycles. The van der Waals surface area contributed by atoms with Crippen molar-refractivity contribution in [3.05, 3.63) is 24.3 Å². The van der Waals surface area contributed by atoms with E-state index in [0.717, 1.165) is 0 Å². The van der Waals surface area contributed by atoms with Crippen molar-refractivity contribution in [3.63, 3.8) is 0 Å². The minimum absolute atomic E-state index is 0.105. The second kappa shape index (κ2) is 5.44. The lowest BCUT2D eigenvalue weighted by Gasteiger charge is -2.31. The summed E-state index contributed by atoms with van der Waals surface area (Å²) in [5.41, 5.74) is 2.63. The summed E-state index contributed by atoms with van der Waals surface area (Å²) >= 11 is 0. The number of benzene rings is 1. The molecule has 0 aliphatic carbocycles. The van der Waals surface area contributed by atoms with Crippen molar-refractivity contribution >= 4 is 11.4 Å². The normalized spacial score (nSPS) is 16.1. The fourth-order valence-corrected chi connectivity index (χ4v) is 2.73. The van der Waals surface area contributed by atoms with Crippen LogP contribution in [0.1, 0.15) is 52.4 Å². The molecule has 0 spiro atoms. The van der Waals surface area contributed by atoms with Crippen LogP contribution in [0.25, 0.3) is 0 Å². The van der Waals surface area contributed by atoms with Gasteiger partial charge in [-0.05, 0) is 31.4 Å². The highest BCUT2D eigenvalue weighted by Gasteiger charge is 2.34. The molecule has 2 rings (SSSR count). The van der Waals surface area contributed by atoms with Crippen LogP contribution in [0.3, 0.4) is 0 Å². The number of anilines is 2. The summed E-state index contributed by atoms with van der Waals surface area (Å²) in [6, 6.07) is 8.53. The van der Waals surface area contributed by atoms with Crippen LogP contribution >= 0.6 is 0 Å². The lowest BCUT2D eigenvalue weighted by molar-refractivity contribution is 0.434. The number of hydrogen-bond acceptors (Lipinski definition) is 2. The minimum atomic E-state index is 0.105. The zero-order valence-electron chi connectivity index (χ0n) is 11.1. The highest BCUT2D eigenvalue weighted by Crippen LogP contribution is 2.38. The highest BCUT2D eigenvalue weighted by atomic mass is 15.3. The van der Waals surface area contributed by atoms with Gasteiger partial charge in [0.1, 0.15) is 5.66 Å². The molecule has 0 bridgehead atoms. The molecular weight excluding hydrogens is 208 g/mol. The molecule has 0 atom stereocenters. The molecule has 17 heavy (non-hydrogen) atoms. The van der Waals surface area contributed by atoms with Gasteiger partial charge in [-0.15, -0.1) is 0 Å². The Balaban J connectivity index is 2.05. The van der Waals surface area contributed by atoms with Crippen LogP contribution in [-0.4, -0.2) is 5.66 Å². The predicted molar refractivity (Wildman–Crippen MR) is 75.5 cm³/mol. The second-order valence-electron chi connectivity index (χ2n) is 5.08. The topological polar surface area (TPSA) is 24.1 Å². The van der Waals surface area contributed by atoms with E-state index in [1.165, 1.54) is 49.9 Å². The van der Waals surface area contributed by atoms with E-state index in [0.29, 0.717) is 0 Å². The summed E-state index contributed by atoms with van der Waals surface area (Å²) in [6.07, 6.45) is 7.51. The first-order valence-electron chi connectivity index (χ1n) is 6.95. The number of hydrogen-bond donors (Lipinski definition) is 2. The Morgan fingerprint density at radius 1 is 0.882 bits per heavy atom. The maximum Gasteiger partial charge on any atom is 0.108 e. The molecule has 1 aromatic carbocycles. The number of fused-ring (bicyclic) bond motifs is 1. The summed E-state index contributed by atoms with van der Waals surface area (Å²) in [5, 5.41) is 7.39. The van der Waals surface area contributed by atoms with E-state index in [2.05, 4.69) is 48.7 Å². The van der Waals surface area contributed by atoms with E-state index >= 15 is 0 Å². The van der Waals surface area contributed by atoms with Gasteiger partial charge < -0.3 is 10.6 Å². The van der Waals surface area contributed by atoms with Gasteiger partial charge in [0.05, 0.1) is 11.4 Å². The molecular formula is C15H24N2. The first kappa shape index (κ1) is 12.3. The molecule has 2 heteroatoms. The Bertz CT molecular complexity index is 335. The molecule has 0 amide bonds. The van der Waals surface area contributed by atoms with Gasteiger partial charge in [0.25, 0.3) is 0 Å². The molecule has 2 N–H and O–H groups in total. The Kier molecular flexibility index (Phi) is 3.93. The summed E-state index contributed by atoms with van der Waals surface area (Å²) in [5.74, 6) is 0. The summed E-state index contributed by atoms with van der Waals surface area (Å²) < 4.78 is 0. The average molecular weight is 232 g/mol. The standard InChI is InChI=1S/C15H24N2/c1-3-5-8-12-15(11-4-2)16-13-9-6-7-10-14(13)17-15/h6-7,9-10,16-17H,3-5,8,11-12H2,1-2H3. The van der Waals surface area contributed by atoms with E-state index in [-0.39, 0.29) is 5.66 Å². The first-order chi connectivity index (χ1) is 8.29. The Morgan fingerprint density at radius 3 is 2.06 bits per heavy atom. The van der Waals surface area contributed by atoms with E-state index in [1.54, 1.807) is 0 Å². The third kappa shape index (κ3) is 2.74. The molecule has 94 valence electrons. The average Bonchev–Trinajstić information content (AvgIpc) is 2.68. The molecule has 0 saturated heterocycles. The molecule has 1 aliphatic rings. The van der Waals surface area contributed by atoms with Crippen LogP contribution in [0.2, 0.25) is 0 Å². The van der Waals surface area contributed by atoms with Crippen molar-refractivity contribution in [2.75, 3.05) is 10.6 Å². The second-order valence-corrected chi connectivity index (χ2v) is 5.08. The van der Waals surface area contributed by atoms with Gasteiger partial charge in [-0.3, -0.25) is 0 Å². The molecule has 0 aromatic heterocycles. The van der Waals surface area contributed by atoms with Crippen LogP contribution in [0.5, 0.6) is 0 Å². The monoisotopic (exact) mass is 232 g/mol. The van der Waals surface area contributed by atoms with Crippen LogP contribution in [0, 0.1) is 0 Å². The van der Waals surface area contributed by atoms with Crippen molar-refractivity contribution in [2.45, 2.75) is 58.0 Å². The lowest BCUT2D eigenvalue weighted by Crippen LogP contribution is -2.41. The van der Waals surface area contributed by atoms with E-state index in [9.17, 15) is 0 Å². The third-order valence-corrected chi connectivity index (χ3v) is 3.56. The van der Waals surface area contributed by atoms with E-state index in [4.69, 9.17) is 0 Å². The zero-order chi connectivity index (χ0) is 12.1. The maximum atomic E-state index is 3.70. The first-order valence-corrected chi connectivity index (χ1v) is 6.95. The summed E-state index contributed by atoms with van der Waals surface area (Å²) in [4.78, 5) is 0. The molecule has 0 radical (unpaired) electrons. The Labute approximate surface area is 105 Å². The zero-order valence-corrected chi connectivity index (χ0v) is 11.1. The van der Waals surface area contributed by atoms with Crippen LogP contribution in [0.4, 0.5) is 11.4 Å². The Morgan fingerprint density at radius 2 is 1.53 bits per heavy atom. The largest absolute Gasteiger partial charge is 0.361 e. The van der Waals surface area contributed by atoms with Crippen molar-refractivity contribution in [1.82, 2.24) is 0 Å². The molecule has 2 nitrogen and oxygen atoms in total. The summed E-state index contributed by atoms with van der Waals surface area (Å²) in [6.45, 7) is 4.52. The van der Waals surface area contributed by atoms with Gasteiger partial charge >= 0.3 is 0 Å². The smallest absolute Gasteiger partial charge is 0.108 e. The number of para-hydroxylation sites is 2. The lowest BCUT2D eigenvalue weighted by atomic mass is 9.97. The van der Waals surface area contributed by atoms with Crippen molar-refractivity contribution in [2.24, 2.45) is 0 Å². The fourth-order valence-electron chi connectivity index (χ4n) is 2.73. The Hall–Kier alpha value is -1.18. The minimum Gasteiger partial charge on any atom is -0.361 e. The molecule has 1 aromatic rings. The number of nitrogens with one attached hydrogen (secondary N) is 2. The molecule has 0 fully saturated rings. The quantitative estimate of drug-likeness (QED) is 0.700. The van der Waals surface area contributed by atoms with Gasteiger partial charge in [0.2, 0.25) is 0 Å². The highest BCUT2D eigenvalue weighted by molar-refractivity contribution is 5.75. The van der Waals surface area contributed by atoms with Gasteiger partial charge in [0.15, 0.2) is 0 Å². The van der Waals surface area contributed by atoms with Crippen molar-refractivity contribution in [1.29, 1.82) is 0 Å². The van der Waals surface area contributed by atoms with Crippen LogP contribution < -0.4 is 10.6 Å². The molecule has 1 aliphatic heterocycles. The maximum absolute atomic E-state index is 3.70. The third-order valence-electron chi connectivity index (χ3n) is 3.56. The van der Waals surface area contributed by atoms with Crippen LogP contribution in [0.15, 0.2) is 24.3 Å². The SMILES string of the molecule is CCCCCC1(CCC)Nc2ccccc2N1. The van der Waals surface area contributed by atoms with Gasteiger partial charge in [0, 0.05) is 0 Å². The van der Waals surface area contributed by atoms with Crippen molar-refractivity contribution < 1.29 is 0 Å². The van der Waals surface area contributed by atoms with E-state index in [1.807, 2.05) is 0 Å². The summed E-state index contributed by atoms with van der Waals surface area (Å²) in [7, 11) is 0. The predicted octanol–water partition coefficient (Wildman–Crippen LogP) is 4.60. The fraction of sp³-hybridized carbons (Fsp3) is 0.600. The van der Waals surface area contributed by atoms with Gasteiger partial charge in [-0.1, -0.05) is 45.2 Å². The van der Waals surface area contributed by atoms with Crippen molar-refractivity contribution in [3.8, 4) is 0 Å². The van der Waals surface area contributed by atoms with Gasteiger partial charge in [-0.25, -0.2) is 0 Å².